The van der Waals surface area contributed by atoms with Gasteiger partial charge in [0.1, 0.15) is 36.6 Å². The van der Waals surface area contributed by atoms with Gasteiger partial charge in [-0.1, -0.05) is 23.2 Å². The summed E-state index contributed by atoms with van der Waals surface area (Å²) in [5.74, 6) is -4.55. The van der Waals surface area contributed by atoms with Gasteiger partial charge in [-0.15, -0.1) is 0 Å². The second-order valence-electron chi connectivity index (χ2n) is 8.83. The predicted molar refractivity (Wildman–Crippen MR) is 112 cm³/mol. The standard InChI is InChI=1S/C21H26Cl2O9/c1-19(2)28-8-12(29-19)15-16-17(32-20(3,4)30-16)21(25,31-15)9-27-18(24)13-10(22)6-7-11(23)14(13)26-5/h6-7,12,15-17,25H,8-9H2,1-5H3/t12?,15-,16+,17+,21+/m1/s1. The molecule has 0 spiro atoms. The van der Waals surface area contributed by atoms with Crippen LogP contribution in [-0.4, -0.2) is 73.2 Å². The summed E-state index contributed by atoms with van der Waals surface area (Å²) in [6.07, 6.45) is -2.82. The average Bonchev–Trinajstić information content (AvgIpc) is 3.31. The van der Waals surface area contributed by atoms with Crippen LogP contribution in [-0.2, 0) is 28.4 Å². The van der Waals surface area contributed by atoms with Crippen molar-refractivity contribution in [2.24, 2.45) is 0 Å². The van der Waals surface area contributed by atoms with Gasteiger partial charge >= 0.3 is 5.97 Å². The highest BCUT2D eigenvalue weighted by molar-refractivity contribution is 6.37. The van der Waals surface area contributed by atoms with Crippen molar-refractivity contribution < 1.29 is 43.1 Å². The van der Waals surface area contributed by atoms with Crippen LogP contribution in [0.2, 0.25) is 10.0 Å². The SMILES string of the molecule is COc1c(Cl)ccc(Cl)c1C(=O)OC[C@]1(O)O[C@H](C2COC(C)(C)O2)[C@@H]2OC(C)(C)O[C@@H]21. The lowest BCUT2D eigenvalue weighted by molar-refractivity contribution is -0.294. The van der Waals surface area contributed by atoms with Crippen LogP contribution < -0.4 is 4.74 Å². The molecule has 3 heterocycles. The van der Waals surface area contributed by atoms with Gasteiger partial charge in [0.2, 0.25) is 5.79 Å². The van der Waals surface area contributed by atoms with Gasteiger partial charge in [0.15, 0.2) is 17.3 Å². The first kappa shape index (κ1) is 24.0. The van der Waals surface area contributed by atoms with Crippen LogP contribution in [0.3, 0.4) is 0 Å². The number of aliphatic hydroxyl groups is 1. The zero-order chi connectivity index (χ0) is 23.5. The minimum Gasteiger partial charge on any atom is -0.494 e. The number of carbonyl (C=O) groups is 1. The van der Waals surface area contributed by atoms with Crippen molar-refractivity contribution in [1.82, 2.24) is 0 Å². The van der Waals surface area contributed by atoms with Crippen molar-refractivity contribution in [3.8, 4) is 5.75 Å². The van der Waals surface area contributed by atoms with Crippen LogP contribution in [0, 0.1) is 0 Å². The van der Waals surface area contributed by atoms with Gasteiger partial charge in [-0.05, 0) is 39.8 Å². The largest absolute Gasteiger partial charge is 0.494 e. The Morgan fingerprint density at radius 3 is 2.38 bits per heavy atom. The van der Waals surface area contributed by atoms with E-state index in [4.69, 9.17) is 56.4 Å². The van der Waals surface area contributed by atoms with Crippen molar-refractivity contribution in [3.63, 3.8) is 0 Å². The molecule has 3 aliphatic rings. The Labute approximate surface area is 195 Å². The van der Waals surface area contributed by atoms with Gasteiger partial charge in [-0.25, -0.2) is 4.79 Å². The molecule has 0 aromatic heterocycles. The Morgan fingerprint density at radius 2 is 1.75 bits per heavy atom. The molecule has 1 aromatic carbocycles. The molecule has 0 saturated carbocycles. The zero-order valence-electron chi connectivity index (χ0n) is 18.3. The van der Waals surface area contributed by atoms with Gasteiger partial charge in [0, 0.05) is 0 Å². The second kappa shape index (κ2) is 8.25. The fourth-order valence-electron chi connectivity index (χ4n) is 4.19. The summed E-state index contributed by atoms with van der Waals surface area (Å²) < 4.78 is 39.9. The fraction of sp³-hybridized carbons (Fsp3) is 0.667. The molecule has 1 aromatic rings. The summed E-state index contributed by atoms with van der Waals surface area (Å²) in [7, 11) is 1.36. The maximum atomic E-state index is 12.8. The molecule has 3 saturated heterocycles. The van der Waals surface area contributed by atoms with Gasteiger partial charge in [-0.3, -0.25) is 0 Å². The second-order valence-corrected chi connectivity index (χ2v) is 9.64. The maximum absolute atomic E-state index is 12.8. The third kappa shape index (κ3) is 4.33. The third-order valence-corrected chi connectivity index (χ3v) is 6.12. The van der Waals surface area contributed by atoms with Crippen LogP contribution in [0.25, 0.3) is 0 Å². The van der Waals surface area contributed by atoms with Crippen LogP contribution in [0.5, 0.6) is 5.75 Å². The molecular formula is C21H26Cl2O9. The molecule has 11 heteroatoms. The van der Waals surface area contributed by atoms with E-state index in [1.807, 2.05) is 0 Å². The molecule has 1 N–H and O–H groups in total. The third-order valence-electron chi connectivity index (χ3n) is 5.51. The molecule has 0 radical (unpaired) electrons. The molecule has 4 rings (SSSR count). The number of benzene rings is 1. The minimum absolute atomic E-state index is 0.0606. The molecule has 178 valence electrons. The van der Waals surface area contributed by atoms with E-state index < -0.39 is 54.4 Å². The highest BCUT2D eigenvalue weighted by Gasteiger charge is 2.65. The summed E-state index contributed by atoms with van der Waals surface area (Å²) >= 11 is 12.3. The predicted octanol–water partition coefficient (Wildman–Crippen LogP) is 2.92. The quantitative estimate of drug-likeness (QED) is 0.621. The summed E-state index contributed by atoms with van der Waals surface area (Å²) in [5.41, 5.74) is -0.0606. The topological polar surface area (TPSA) is 102 Å². The Bertz CT molecular complexity index is 906. The van der Waals surface area contributed by atoms with Gasteiger partial charge < -0.3 is 38.3 Å². The lowest BCUT2D eigenvalue weighted by Gasteiger charge is -2.31. The van der Waals surface area contributed by atoms with E-state index in [1.165, 1.54) is 19.2 Å². The average molecular weight is 493 g/mol. The number of hydrogen-bond donors (Lipinski definition) is 1. The highest BCUT2D eigenvalue weighted by atomic mass is 35.5. The van der Waals surface area contributed by atoms with Gasteiger partial charge in [0.25, 0.3) is 0 Å². The number of ether oxygens (including phenoxy) is 7. The smallest absolute Gasteiger partial charge is 0.343 e. The van der Waals surface area contributed by atoms with Crippen molar-refractivity contribution in [1.29, 1.82) is 0 Å². The number of hydrogen-bond acceptors (Lipinski definition) is 9. The Kier molecular flexibility index (Phi) is 6.18. The van der Waals surface area contributed by atoms with Gasteiger partial charge in [-0.2, -0.15) is 0 Å². The molecule has 0 amide bonds. The van der Waals surface area contributed by atoms with E-state index in [-0.39, 0.29) is 28.0 Å². The summed E-state index contributed by atoms with van der Waals surface area (Å²) in [5, 5.41) is 11.6. The molecule has 1 unspecified atom stereocenters. The van der Waals surface area contributed by atoms with Crippen molar-refractivity contribution in [2.75, 3.05) is 20.3 Å². The number of methoxy groups -OCH3 is 1. The number of esters is 1. The number of carbonyl (C=O) groups excluding carboxylic acids is 1. The Hall–Kier alpha value is -1.17. The maximum Gasteiger partial charge on any atom is 0.343 e. The minimum atomic E-state index is -1.99. The monoisotopic (exact) mass is 492 g/mol. The first-order chi connectivity index (χ1) is 14.9. The normalized spacial score (nSPS) is 35.0. The zero-order valence-corrected chi connectivity index (χ0v) is 19.9. The van der Waals surface area contributed by atoms with E-state index in [0.29, 0.717) is 0 Å². The van der Waals surface area contributed by atoms with Gasteiger partial charge in [0.05, 0.1) is 23.8 Å². The van der Waals surface area contributed by atoms with E-state index in [0.717, 1.165) is 0 Å². The summed E-state index contributed by atoms with van der Waals surface area (Å²) in [6, 6.07) is 2.95. The molecule has 32 heavy (non-hydrogen) atoms. The number of halogens is 2. The number of rotatable bonds is 5. The lowest BCUT2D eigenvalue weighted by Crippen LogP contribution is -2.47. The van der Waals surface area contributed by atoms with Crippen LogP contribution >= 0.6 is 23.2 Å². The summed E-state index contributed by atoms with van der Waals surface area (Å²) in [4.78, 5) is 12.8. The molecule has 3 aliphatic heterocycles. The van der Waals surface area contributed by atoms with Crippen LogP contribution in [0.1, 0.15) is 38.1 Å². The first-order valence-corrected chi connectivity index (χ1v) is 10.9. The van der Waals surface area contributed by atoms with E-state index in [1.54, 1.807) is 27.7 Å². The van der Waals surface area contributed by atoms with Crippen molar-refractivity contribution in [2.45, 2.75) is 69.5 Å². The molecular weight excluding hydrogens is 467 g/mol. The van der Waals surface area contributed by atoms with Crippen molar-refractivity contribution in [3.05, 3.63) is 27.7 Å². The molecule has 3 fully saturated rings. The highest BCUT2D eigenvalue weighted by Crippen LogP contribution is 2.46. The molecule has 9 nitrogen and oxygen atoms in total. The first-order valence-electron chi connectivity index (χ1n) is 10.1. The fourth-order valence-corrected chi connectivity index (χ4v) is 4.65. The molecule has 5 atom stereocenters. The van der Waals surface area contributed by atoms with E-state index >= 15 is 0 Å². The van der Waals surface area contributed by atoms with Crippen LogP contribution in [0.4, 0.5) is 0 Å². The Balaban J connectivity index is 1.54. The van der Waals surface area contributed by atoms with E-state index in [9.17, 15) is 9.90 Å². The molecule has 0 aliphatic carbocycles. The van der Waals surface area contributed by atoms with Crippen LogP contribution in [0.15, 0.2) is 12.1 Å². The van der Waals surface area contributed by atoms with Crippen molar-refractivity contribution >= 4 is 29.2 Å². The lowest BCUT2D eigenvalue weighted by atomic mass is 10.0. The summed E-state index contributed by atoms with van der Waals surface area (Å²) in [6.45, 7) is 6.71. The molecule has 0 bridgehead atoms. The van der Waals surface area contributed by atoms with E-state index in [2.05, 4.69) is 0 Å². The Morgan fingerprint density at radius 1 is 1.06 bits per heavy atom. The number of fused-ring (bicyclic) bond motifs is 1.